The second-order valence-electron chi connectivity index (χ2n) is 14.5. The van der Waals surface area contributed by atoms with Crippen LogP contribution in [0.2, 0.25) is 0 Å². The Balaban J connectivity index is 1.05. The van der Waals surface area contributed by atoms with Crippen molar-refractivity contribution in [2.45, 2.75) is 94.0 Å². The van der Waals surface area contributed by atoms with E-state index in [-0.39, 0.29) is 34.0 Å². The number of carbonyl (C=O) groups is 4. The summed E-state index contributed by atoms with van der Waals surface area (Å²) in [4.78, 5) is 51.4. The Kier molecular flexibility index (Phi) is 11.0. The van der Waals surface area contributed by atoms with Gasteiger partial charge in [0.2, 0.25) is 10.0 Å². The molecule has 2 saturated carbocycles. The van der Waals surface area contributed by atoms with Crippen LogP contribution in [-0.4, -0.2) is 58.8 Å². The van der Waals surface area contributed by atoms with Crippen LogP contribution in [0.4, 0.5) is 10.7 Å². The number of nitrogens with one attached hydrogen (secondary N) is 2. The highest BCUT2D eigenvalue weighted by atomic mass is 32.2. The Morgan fingerprint density at radius 3 is 1.94 bits per heavy atom. The zero-order chi connectivity index (χ0) is 38.0. The van der Waals surface area contributed by atoms with Crippen LogP contribution in [0.3, 0.4) is 0 Å². The predicted molar refractivity (Wildman–Crippen MR) is 206 cm³/mol. The number of aromatic carboxylic acids is 1. The molecule has 0 spiro atoms. The van der Waals surface area contributed by atoms with E-state index in [0.717, 1.165) is 72.9 Å². The van der Waals surface area contributed by atoms with Crippen LogP contribution in [0, 0.1) is 5.92 Å². The molecule has 4 aromatic rings. The average molecular weight is 770 g/mol. The molecule has 0 unspecified atom stereocenters. The van der Waals surface area contributed by atoms with E-state index >= 15 is 0 Å². The van der Waals surface area contributed by atoms with Crippen LogP contribution >= 0.6 is 11.3 Å². The Morgan fingerprint density at radius 1 is 0.722 bits per heavy atom. The molecular formula is C41H43N3O8S2. The van der Waals surface area contributed by atoms with E-state index in [1.165, 1.54) is 23.5 Å². The smallest absolute Gasteiger partial charge is 0.335 e. The topological polar surface area (TPSA) is 170 Å². The fourth-order valence-electron chi connectivity index (χ4n) is 7.64. The molecule has 3 aliphatic carbocycles. The highest BCUT2D eigenvalue weighted by molar-refractivity contribution is 7.89. The van der Waals surface area contributed by atoms with Crippen molar-refractivity contribution in [1.29, 1.82) is 0 Å². The van der Waals surface area contributed by atoms with Gasteiger partial charge in [0.05, 0.1) is 21.9 Å². The third kappa shape index (κ3) is 8.28. The minimum atomic E-state index is -3.96. The number of amides is 2. The lowest BCUT2D eigenvalue weighted by Gasteiger charge is -2.35. The minimum Gasteiger partial charge on any atom is -0.481 e. The SMILES string of the molecule is O=C(O)c1ccc(CCc2ccc(NC(=O)c3c(NC(=O)c4cccc(S(=O)(=O)N(C5CCC(C(=O)O)CC5)C5CC5)c4)sc4c3CCCC4)cc2)cc1. The summed E-state index contributed by atoms with van der Waals surface area (Å²) in [7, 11) is -3.96. The lowest BCUT2D eigenvalue weighted by atomic mass is 9.86. The maximum absolute atomic E-state index is 14.1. The number of carboxylic acid groups (broad SMARTS) is 2. The van der Waals surface area contributed by atoms with Gasteiger partial charge in [-0.2, -0.15) is 4.31 Å². The Morgan fingerprint density at radius 2 is 1.33 bits per heavy atom. The Hall–Kier alpha value is -4.85. The molecule has 0 bridgehead atoms. The molecule has 3 aliphatic rings. The molecule has 13 heteroatoms. The Bertz CT molecular complexity index is 2170. The fourth-order valence-corrected chi connectivity index (χ4v) is 10.9. The normalized spacial score (nSPS) is 18.5. The molecule has 282 valence electrons. The van der Waals surface area contributed by atoms with Gasteiger partial charge in [0.1, 0.15) is 5.00 Å². The average Bonchev–Trinajstić information content (AvgIpc) is 3.93. The van der Waals surface area contributed by atoms with E-state index in [1.807, 2.05) is 36.4 Å². The molecular weight excluding hydrogens is 727 g/mol. The number of anilines is 2. The summed E-state index contributed by atoms with van der Waals surface area (Å²) in [6, 6.07) is 20.0. The van der Waals surface area contributed by atoms with Gasteiger partial charge in [-0.05, 0) is 136 Å². The number of hydrogen-bond acceptors (Lipinski definition) is 7. The van der Waals surface area contributed by atoms with E-state index in [0.29, 0.717) is 41.9 Å². The number of nitrogens with zero attached hydrogens (tertiary/aromatic N) is 1. The molecule has 11 nitrogen and oxygen atoms in total. The van der Waals surface area contributed by atoms with Gasteiger partial charge in [0, 0.05) is 28.2 Å². The highest BCUT2D eigenvalue weighted by Crippen LogP contribution is 2.41. The van der Waals surface area contributed by atoms with Crippen molar-refractivity contribution in [3.05, 3.63) is 111 Å². The second-order valence-corrected chi connectivity index (χ2v) is 17.4. The molecule has 0 saturated heterocycles. The second kappa shape index (κ2) is 15.9. The summed E-state index contributed by atoms with van der Waals surface area (Å²) in [5, 5.41) is 25.0. The molecule has 2 fully saturated rings. The summed E-state index contributed by atoms with van der Waals surface area (Å²) in [6.45, 7) is 0. The fraction of sp³-hybridized carbons (Fsp3) is 0.366. The van der Waals surface area contributed by atoms with Crippen LogP contribution in [0.25, 0.3) is 0 Å². The minimum absolute atomic E-state index is 0.0189. The molecule has 4 N–H and O–H groups in total. The molecule has 0 aliphatic heterocycles. The van der Waals surface area contributed by atoms with Crippen LogP contribution in [0.15, 0.2) is 77.7 Å². The molecule has 0 radical (unpaired) electrons. The molecule has 1 aromatic heterocycles. The van der Waals surface area contributed by atoms with E-state index < -0.39 is 33.8 Å². The monoisotopic (exact) mass is 769 g/mol. The summed E-state index contributed by atoms with van der Waals surface area (Å²) in [6.07, 6.45) is 8.26. The van der Waals surface area contributed by atoms with E-state index in [4.69, 9.17) is 5.11 Å². The number of benzene rings is 3. The summed E-state index contributed by atoms with van der Waals surface area (Å²) < 4.78 is 29.7. The van der Waals surface area contributed by atoms with Crippen LogP contribution < -0.4 is 10.6 Å². The maximum atomic E-state index is 14.1. The van der Waals surface area contributed by atoms with Gasteiger partial charge in [0.25, 0.3) is 11.8 Å². The van der Waals surface area contributed by atoms with E-state index in [1.54, 1.807) is 28.6 Å². The Labute approximate surface area is 318 Å². The van der Waals surface area contributed by atoms with Crippen molar-refractivity contribution >= 4 is 55.8 Å². The van der Waals surface area contributed by atoms with Gasteiger partial charge >= 0.3 is 11.9 Å². The number of aliphatic carboxylic acids is 1. The molecule has 3 aromatic carbocycles. The van der Waals surface area contributed by atoms with Crippen molar-refractivity contribution < 1.29 is 37.8 Å². The van der Waals surface area contributed by atoms with Crippen LogP contribution in [-0.2, 0) is 40.5 Å². The number of carbonyl (C=O) groups excluding carboxylic acids is 2. The predicted octanol–water partition coefficient (Wildman–Crippen LogP) is 7.41. The first-order chi connectivity index (χ1) is 26.0. The van der Waals surface area contributed by atoms with Crippen LogP contribution in [0.1, 0.15) is 104 Å². The number of fused-ring (bicyclic) bond motifs is 1. The zero-order valence-electron chi connectivity index (χ0n) is 29.8. The van der Waals surface area contributed by atoms with Gasteiger partial charge in [-0.3, -0.25) is 14.4 Å². The lowest BCUT2D eigenvalue weighted by molar-refractivity contribution is -0.143. The summed E-state index contributed by atoms with van der Waals surface area (Å²) in [5.41, 5.74) is 4.46. The number of rotatable bonds is 13. The van der Waals surface area contributed by atoms with Crippen molar-refractivity contribution in [3.63, 3.8) is 0 Å². The lowest BCUT2D eigenvalue weighted by Crippen LogP contribution is -2.44. The standard InChI is InChI=1S/C41H43N3O8S2/c45-37(29-4-3-5-33(24-29)54(51,52)44(32-22-23-32)31-20-16-28(17-21-31)41(49)50)43-39-36(34-6-1-2-7-35(34)53-39)38(46)42-30-18-12-26(13-19-30)9-8-25-10-14-27(15-11-25)40(47)48/h3-5,10-15,18-19,24,28,31-32H,1-2,6-9,16-17,20-23H2,(H,42,46)(H,43,45)(H,47,48)(H,49,50). The van der Waals surface area contributed by atoms with Gasteiger partial charge in [-0.1, -0.05) is 30.3 Å². The first kappa shape index (κ1) is 37.5. The van der Waals surface area contributed by atoms with Crippen molar-refractivity contribution in [3.8, 4) is 0 Å². The quantitative estimate of drug-likeness (QED) is 0.109. The molecule has 1 heterocycles. The maximum Gasteiger partial charge on any atom is 0.335 e. The first-order valence-electron chi connectivity index (χ1n) is 18.5. The molecule has 0 atom stereocenters. The van der Waals surface area contributed by atoms with Gasteiger partial charge in [0.15, 0.2) is 0 Å². The summed E-state index contributed by atoms with van der Waals surface area (Å²) >= 11 is 1.39. The largest absolute Gasteiger partial charge is 0.481 e. The van der Waals surface area contributed by atoms with E-state index in [2.05, 4.69) is 10.6 Å². The number of hydrogen-bond donors (Lipinski definition) is 4. The molecule has 54 heavy (non-hydrogen) atoms. The molecule has 2 amide bonds. The zero-order valence-corrected chi connectivity index (χ0v) is 31.4. The molecule has 7 rings (SSSR count). The first-order valence-corrected chi connectivity index (χ1v) is 20.8. The third-order valence-corrected chi connectivity index (χ3v) is 13.9. The summed E-state index contributed by atoms with van der Waals surface area (Å²) in [5.74, 6) is -3.10. The third-order valence-electron chi connectivity index (χ3n) is 10.7. The van der Waals surface area contributed by atoms with Crippen LogP contribution in [0.5, 0.6) is 0 Å². The van der Waals surface area contributed by atoms with Crippen molar-refractivity contribution in [2.75, 3.05) is 10.6 Å². The number of sulfonamides is 1. The van der Waals surface area contributed by atoms with Gasteiger partial charge in [-0.25, -0.2) is 13.2 Å². The number of thiophene rings is 1. The number of aryl methyl sites for hydroxylation is 3. The van der Waals surface area contributed by atoms with Gasteiger partial charge in [-0.15, -0.1) is 11.3 Å². The van der Waals surface area contributed by atoms with E-state index in [9.17, 15) is 32.7 Å². The van der Waals surface area contributed by atoms with Crippen molar-refractivity contribution in [2.24, 2.45) is 5.92 Å². The number of carboxylic acids is 2. The van der Waals surface area contributed by atoms with Gasteiger partial charge < -0.3 is 20.8 Å². The van der Waals surface area contributed by atoms with Crippen molar-refractivity contribution in [1.82, 2.24) is 4.31 Å². The highest BCUT2D eigenvalue weighted by Gasteiger charge is 2.44.